The third-order valence-corrected chi connectivity index (χ3v) is 5.80. The molecule has 3 aromatic carbocycles. The lowest BCUT2D eigenvalue weighted by atomic mass is 9.95. The van der Waals surface area contributed by atoms with Crippen molar-refractivity contribution in [3.8, 4) is 0 Å². The Bertz CT molecular complexity index is 1300. The summed E-state index contributed by atoms with van der Waals surface area (Å²) in [7, 11) is -4.00. The molecule has 146 valence electrons. The predicted octanol–water partition coefficient (Wildman–Crippen LogP) is 2.48. The van der Waals surface area contributed by atoms with Crippen LogP contribution in [-0.4, -0.2) is 26.1 Å². The minimum atomic E-state index is -4.00. The number of carbonyl (C=O) groups is 3. The van der Waals surface area contributed by atoms with E-state index in [1.54, 1.807) is 30.3 Å². The zero-order valence-corrected chi connectivity index (χ0v) is 16.0. The summed E-state index contributed by atoms with van der Waals surface area (Å²) in [6.45, 7) is 1.37. The van der Waals surface area contributed by atoms with Gasteiger partial charge in [-0.15, -0.1) is 0 Å². The van der Waals surface area contributed by atoms with Crippen LogP contribution in [0.3, 0.4) is 0 Å². The maximum absolute atomic E-state index is 12.9. The van der Waals surface area contributed by atoms with Crippen LogP contribution in [-0.2, 0) is 14.8 Å². The first-order valence-electron chi connectivity index (χ1n) is 8.57. The molecule has 1 aliphatic rings. The third-order valence-electron chi connectivity index (χ3n) is 4.43. The molecule has 1 heterocycles. The van der Waals surface area contributed by atoms with Gasteiger partial charge in [0.05, 0.1) is 4.90 Å². The monoisotopic (exact) mass is 409 g/mol. The first-order valence-corrected chi connectivity index (χ1v) is 10.1. The summed E-state index contributed by atoms with van der Waals surface area (Å²) in [5.41, 5.74) is 1.27. The van der Waals surface area contributed by atoms with Crippen molar-refractivity contribution in [2.45, 2.75) is 11.8 Å². The molecule has 0 fully saturated rings. The quantitative estimate of drug-likeness (QED) is 0.572. The first-order chi connectivity index (χ1) is 13.7. The van der Waals surface area contributed by atoms with E-state index in [9.17, 15) is 22.8 Å². The number of sulfonamides is 1. The lowest BCUT2D eigenvalue weighted by Crippen LogP contribution is -2.34. The van der Waals surface area contributed by atoms with Crippen LogP contribution in [0, 0.1) is 0 Å². The van der Waals surface area contributed by atoms with Crippen LogP contribution in [0.25, 0.3) is 10.8 Å². The Labute approximate surface area is 166 Å². The molecule has 8 nitrogen and oxygen atoms in total. The lowest BCUT2D eigenvalue weighted by Gasteiger charge is -2.18. The van der Waals surface area contributed by atoms with E-state index < -0.39 is 21.8 Å². The lowest BCUT2D eigenvalue weighted by molar-refractivity contribution is -0.114. The van der Waals surface area contributed by atoms with Gasteiger partial charge in [0.1, 0.15) is 0 Å². The minimum absolute atomic E-state index is 0.104. The SMILES string of the molecule is CC(=O)Nc1ccc(NS(=O)(=O)c2cc3c4c(cccc4c2)C(=O)NC3=O)cc1. The second kappa shape index (κ2) is 6.71. The fourth-order valence-electron chi connectivity index (χ4n) is 3.20. The predicted molar refractivity (Wildman–Crippen MR) is 107 cm³/mol. The highest BCUT2D eigenvalue weighted by atomic mass is 32.2. The van der Waals surface area contributed by atoms with Gasteiger partial charge in [0.25, 0.3) is 21.8 Å². The fraction of sp³-hybridized carbons (Fsp3) is 0.0500. The average Bonchev–Trinajstić information content (AvgIpc) is 2.66. The fourth-order valence-corrected chi connectivity index (χ4v) is 4.32. The highest BCUT2D eigenvalue weighted by molar-refractivity contribution is 7.92. The summed E-state index contributed by atoms with van der Waals surface area (Å²) in [4.78, 5) is 35.2. The van der Waals surface area contributed by atoms with E-state index in [0.717, 1.165) is 0 Å². The summed E-state index contributed by atoms with van der Waals surface area (Å²) in [5.74, 6) is -1.39. The van der Waals surface area contributed by atoms with Gasteiger partial charge in [-0.3, -0.25) is 24.4 Å². The number of hydrogen-bond acceptors (Lipinski definition) is 5. The van der Waals surface area contributed by atoms with Crippen molar-refractivity contribution in [1.82, 2.24) is 5.32 Å². The Morgan fingerprint density at radius 3 is 2.24 bits per heavy atom. The van der Waals surface area contributed by atoms with Crippen molar-refractivity contribution in [2.75, 3.05) is 10.0 Å². The van der Waals surface area contributed by atoms with Gasteiger partial charge in [0, 0.05) is 34.8 Å². The molecule has 0 saturated carbocycles. The van der Waals surface area contributed by atoms with Gasteiger partial charge in [0.2, 0.25) is 5.91 Å². The number of carbonyl (C=O) groups excluding carboxylic acids is 3. The number of benzene rings is 3. The van der Waals surface area contributed by atoms with Crippen LogP contribution in [0.4, 0.5) is 11.4 Å². The molecule has 0 aromatic heterocycles. The molecule has 0 radical (unpaired) electrons. The van der Waals surface area contributed by atoms with Crippen molar-refractivity contribution in [3.63, 3.8) is 0 Å². The number of amides is 3. The number of nitrogens with one attached hydrogen (secondary N) is 3. The van der Waals surface area contributed by atoms with Gasteiger partial charge in [-0.1, -0.05) is 12.1 Å². The number of rotatable bonds is 4. The minimum Gasteiger partial charge on any atom is -0.326 e. The molecular weight excluding hydrogens is 394 g/mol. The van der Waals surface area contributed by atoms with Crippen molar-refractivity contribution in [2.24, 2.45) is 0 Å². The van der Waals surface area contributed by atoms with Gasteiger partial charge in [-0.05, 0) is 47.9 Å². The first kappa shape index (κ1) is 18.6. The molecular formula is C20H15N3O5S. The Morgan fingerprint density at radius 2 is 1.55 bits per heavy atom. The van der Waals surface area contributed by atoms with Crippen LogP contribution in [0.2, 0.25) is 0 Å². The van der Waals surface area contributed by atoms with E-state index in [4.69, 9.17) is 0 Å². The van der Waals surface area contributed by atoms with Gasteiger partial charge < -0.3 is 5.32 Å². The normalized spacial score (nSPS) is 13.1. The van der Waals surface area contributed by atoms with E-state index in [1.807, 2.05) is 0 Å². The summed E-state index contributed by atoms with van der Waals surface area (Å²) in [5, 5.41) is 5.72. The highest BCUT2D eigenvalue weighted by Crippen LogP contribution is 2.30. The molecule has 3 aromatic rings. The second-order valence-electron chi connectivity index (χ2n) is 6.52. The smallest absolute Gasteiger partial charge is 0.261 e. The average molecular weight is 409 g/mol. The molecule has 0 bridgehead atoms. The molecule has 0 unspecified atom stereocenters. The molecule has 4 rings (SSSR count). The van der Waals surface area contributed by atoms with Gasteiger partial charge in [0.15, 0.2) is 0 Å². The van der Waals surface area contributed by atoms with E-state index in [2.05, 4.69) is 15.4 Å². The van der Waals surface area contributed by atoms with E-state index >= 15 is 0 Å². The molecule has 0 aliphatic carbocycles. The molecule has 3 N–H and O–H groups in total. The van der Waals surface area contributed by atoms with Crippen molar-refractivity contribution in [3.05, 3.63) is 65.7 Å². The number of anilines is 2. The second-order valence-corrected chi connectivity index (χ2v) is 8.20. The molecule has 3 amide bonds. The van der Waals surface area contributed by atoms with Gasteiger partial charge in [-0.2, -0.15) is 0 Å². The standard InChI is InChI=1S/C20H15N3O5S/c1-11(24)21-13-5-7-14(8-6-13)23-29(27,28)15-9-12-3-2-4-16-18(12)17(10-15)20(26)22-19(16)25/h2-10,23H,1H3,(H,21,24)(H,22,25,26). The molecule has 29 heavy (non-hydrogen) atoms. The highest BCUT2D eigenvalue weighted by Gasteiger charge is 2.27. The maximum Gasteiger partial charge on any atom is 0.261 e. The Hall–Kier alpha value is -3.72. The van der Waals surface area contributed by atoms with Crippen LogP contribution < -0.4 is 15.4 Å². The maximum atomic E-state index is 12.9. The van der Waals surface area contributed by atoms with Crippen LogP contribution in [0.5, 0.6) is 0 Å². The van der Waals surface area contributed by atoms with E-state index in [-0.39, 0.29) is 16.4 Å². The molecule has 0 saturated heterocycles. The molecule has 0 atom stereocenters. The Balaban J connectivity index is 1.73. The van der Waals surface area contributed by atoms with Gasteiger partial charge in [-0.25, -0.2) is 8.42 Å². The van der Waals surface area contributed by atoms with Crippen LogP contribution >= 0.6 is 0 Å². The Morgan fingerprint density at radius 1 is 0.897 bits per heavy atom. The number of hydrogen-bond donors (Lipinski definition) is 3. The molecule has 9 heteroatoms. The zero-order valence-electron chi connectivity index (χ0n) is 15.1. The van der Waals surface area contributed by atoms with Crippen LogP contribution in [0.1, 0.15) is 27.6 Å². The van der Waals surface area contributed by atoms with E-state index in [0.29, 0.717) is 27.7 Å². The Kier molecular flexibility index (Phi) is 4.31. The van der Waals surface area contributed by atoms with Crippen molar-refractivity contribution >= 4 is 49.9 Å². The largest absolute Gasteiger partial charge is 0.326 e. The summed E-state index contributed by atoms with van der Waals surface area (Å²) in [6.07, 6.45) is 0. The summed E-state index contributed by atoms with van der Waals surface area (Å²) < 4.78 is 28.2. The topological polar surface area (TPSA) is 121 Å². The van der Waals surface area contributed by atoms with Gasteiger partial charge >= 0.3 is 0 Å². The van der Waals surface area contributed by atoms with Crippen molar-refractivity contribution in [1.29, 1.82) is 0 Å². The molecule has 0 spiro atoms. The van der Waals surface area contributed by atoms with Crippen LogP contribution in [0.15, 0.2) is 59.5 Å². The summed E-state index contributed by atoms with van der Waals surface area (Å²) >= 11 is 0. The van der Waals surface area contributed by atoms with E-state index in [1.165, 1.54) is 31.2 Å². The van der Waals surface area contributed by atoms with Crippen molar-refractivity contribution < 1.29 is 22.8 Å². The zero-order chi connectivity index (χ0) is 20.8. The summed E-state index contributed by atoms with van der Waals surface area (Å²) in [6, 6.07) is 13.7. The molecule has 1 aliphatic heterocycles. The third kappa shape index (κ3) is 3.43. The number of imide groups is 1.